The standard InChI is InChI=1S/C21H22N2/c1-18(23-17-10-6-4-2-3-5-9-16-22)20-15-11-13-19-12-7-8-14-21(19)20/h6-8,10-15,18,23H,3,5,9,17H2,1H3/b10-6+. The minimum atomic E-state index is 0.286. The molecule has 0 aliphatic carbocycles. The van der Waals surface area contributed by atoms with Crippen LogP contribution in [0.15, 0.2) is 54.6 Å². The lowest BCUT2D eigenvalue weighted by atomic mass is 10.00. The summed E-state index contributed by atoms with van der Waals surface area (Å²) in [7, 11) is 0. The van der Waals surface area contributed by atoms with Crippen LogP contribution in [0.3, 0.4) is 0 Å². The monoisotopic (exact) mass is 302 g/mol. The molecule has 0 radical (unpaired) electrons. The van der Waals surface area contributed by atoms with E-state index in [1.807, 2.05) is 12.2 Å². The third-order valence-corrected chi connectivity index (χ3v) is 3.73. The Labute approximate surface area is 138 Å². The number of rotatable bonds is 6. The average molecular weight is 302 g/mol. The first-order chi connectivity index (χ1) is 11.3. The maximum absolute atomic E-state index is 8.43. The van der Waals surface area contributed by atoms with Crippen LogP contribution < -0.4 is 5.32 Å². The number of hydrogen-bond acceptors (Lipinski definition) is 2. The number of allylic oxidation sites excluding steroid dienone is 1. The highest BCUT2D eigenvalue weighted by Gasteiger charge is 2.07. The quantitative estimate of drug-likeness (QED) is 0.618. The van der Waals surface area contributed by atoms with Crippen LogP contribution in [0.2, 0.25) is 0 Å². The van der Waals surface area contributed by atoms with Gasteiger partial charge in [0.15, 0.2) is 0 Å². The number of nitrogens with zero attached hydrogens (tertiary/aromatic N) is 1. The summed E-state index contributed by atoms with van der Waals surface area (Å²) in [5.74, 6) is 6.06. The summed E-state index contributed by atoms with van der Waals surface area (Å²) in [6, 6.07) is 17.3. The Hall–Kier alpha value is -2.55. The van der Waals surface area contributed by atoms with Crippen LogP contribution in [0.25, 0.3) is 10.8 Å². The van der Waals surface area contributed by atoms with Crippen LogP contribution in [-0.4, -0.2) is 6.54 Å². The van der Waals surface area contributed by atoms with E-state index in [2.05, 4.69) is 72.6 Å². The molecule has 0 aliphatic rings. The SMILES string of the molecule is CC(NC/C=C/C#CCCCC#N)c1cccc2ccccc12. The molecule has 2 aromatic carbocycles. The predicted octanol–water partition coefficient (Wildman–Crippen LogP) is 4.74. The first kappa shape index (κ1) is 16.8. The fourth-order valence-corrected chi connectivity index (χ4v) is 2.49. The molecule has 0 spiro atoms. The molecule has 2 heteroatoms. The van der Waals surface area contributed by atoms with Crippen molar-refractivity contribution in [3.05, 3.63) is 60.2 Å². The zero-order valence-electron chi connectivity index (χ0n) is 13.5. The van der Waals surface area contributed by atoms with Gasteiger partial charge in [-0.1, -0.05) is 60.4 Å². The summed E-state index contributed by atoms with van der Waals surface area (Å²) in [5, 5.41) is 14.5. The molecule has 1 N–H and O–H groups in total. The Bertz CT molecular complexity index is 751. The van der Waals surface area contributed by atoms with Gasteiger partial charge in [-0.25, -0.2) is 0 Å². The topological polar surface area (TPSA) is 35.8 Å². The highest BCUT2D eigenvalue weighted by molar-refractivity contribution is 5.86. The van der Waals surface area contributed by atoms with E-state index in [-0.39, 0.29) is 6.04 Å². The summed E-state index contributed by atoms with van der Waals surface area (Å²) in [6.07, 6.45) is 6.15. The Morgan fingerprint density at radius 2 is 1.96 bits per heavy atom. The molecular formula is C21H22N2. The zero-order valence-corrected chi connectivity index (χ0v) is 13.5. The van der Waals surface area contributed by atoms with E-state index in [0.717, 1.165) is 19.4 Å². The second-order valence-electron chi connectivity index (χ2n) is 5.43. The molecule has 1 atom stereocenters. The van der Waals surface area contributed by atoms with Crippen LogP contribution in [0, 0.1) is 23.2 Å². The van der Waals surface area contributed by atoms with E-state index in [4.69, 9.17) is 5.26 Å². The van der Waals surface area contributed by atoms with Gasteiger partial charge in [0.1, 0.15) is 0 Å². The molecule has 0 heterocycles. The second kappa shape index (κ2) is 9.46. The van der Waals surface area contributed by atoms with Crippen molar-refractivity contribution in [3.8, 4) is 17.9 Å². The molecule has 0 saturated heterocycles. The van der Waals surface area contributed by atoms with Crippen molar-refractivity contribution in [2.45, 2.75) is 32.2 Å². The van der Waals surface area contributed by atoms with Crippen LogP contribution in [0.4, 0.5) is 0 Å². The van der Waals surface area contributed by atoms with Crippen LogP contribution in [0.1, 0.15) is 37.8 Å². The molecule has 23 heavy (non-hydrogen) atoms. The molecule has 2 nitrogen and oxygen atoms in total. The van der Waals surface area contributed by atoms with Gasteiger partial charge in [0.2, 0.25) is 0 Å². The third kappa shape index (κ3) is 5.29. The number of nitrogens with one attached hydrogen (secondary N) is 1. The van der Waals surface area contributed by atoms with E-state index < -0.39 is 0 Å². The molecule has 2 rings (SSSR count). The summed E-state index contributed by atoms with van der Waals surface area (Å²) in [4.78, 5) is 0. The molecule has 1 unspecified atom stereocenters. The molecule has 2 aromatic rings. The number of unbranched alkanes of at least 4 members (excludes halogenated alkanes) is 2. The molecule has 0 amide bonds. The van der Waals surface area contributed by atoms with Gasteiger partial charge in [-0.2, -0.15) is 5.26 Å². The summed E-state index contributed by atoms with van der Waals surface area (Å²) >= 11 is 0. The summed E-state index contributed by atoms with van der Waals surface area (Å²) < 4.78 is 0. The summed E-state index contributed by atoms with van der Waals surface area (Å²) in [6.45, 7) is 2.97. The van der Waals surface area contributed by atoms with Gasteiger partial charge in [-0.3, -0.25) is 0 Å². The van der Waals surface area contributed by atoms with E-state index in [9.17, 15) is 0 Å². The molecule has 0 saturated carbocycles. The lowest BCUT2D eigenvalue weighted by Crippen LogP contribution is -2.18. The predicted molar refractivity (Wildman–Crippen MR) is 96.7 cm³/mol. The Morgan fingerprint density at radius 1 is 1.13 bits per heavy atom. The van der Waals surface area contributed by atoms with Crippen molar-refractivity contribution in [3.63, 3.8) is 0 Å². The van der Waals surface area contributed by atoms with Crippen molar-refractivity contribution < 1.29 is 0 Å². The van der Waals surface area contributed by atoms with Gasteiger partial charge in [0.25, 0.3) is 0 Å². The van der Waals surface area contributed by atoms with Crippen molar-refractivity contribution in [1.82, 2.24) is 5.32 Å². The van der Waals surface area contributed by atoms with Crippen LogP contribution in [0.5, 0.6) is 0 Å². The molecular weight excluding hydrogens is 280 g/mol. The van der Waals surface area contributed by atoms with Crippen LogP contribution >= 0.6 is 0 Å². The molecule has 116 valence electrons. The van der Waals surface area contributed by atoms with Crippen molar-refractivity contribution >= 4 is 10.8 Å². The van der Waals surface area contributed by atoms with E-state index >= 15 is 0 Å². The van der Waals surface area contributed by atoms with Gasteiger partial charge in [0.05, 0.1) is 6.07 Å². The first-order valence-electron chi connectivity index (χ1n) is 8.04. The molecule has 0 bridgehead atoms. The Balaban J connectivity index is 1.85. The van der Waals surface area contributed by atoms with Crippen molar-refractivity contribution in [2.24, 2.45) is 0 Å². The minimum absolute atomic E-state index is 0.286. The van der Waals surface area contributed by atoms with E-state index in [1.54, 1.807) is 0 Å². The first-order valence-corrected chi connectivity index (χ1v) is 8.04. The number of nitriles is 1. The highest BCUT2D eigenvalue weighted by Crippen LogP contribution is 2.23. The lowest BCUT2D eigenvalue weighted by Gasteiger charge is -2.15. The lowest BCUT2D eigenvalue weighted by molar-refractivity contribution is 0.621. The largest absolute Gasteiger partial charge is 0.307 e. The number of hydrogen-bond donors (Lipinski definition) is 1. The van der Waals surface area contributed by atoms with E-state index in [1.165, 1.54) is 16.3 Å². The maximum Gasteiger partial charge on any atom is 0.0622 e. The minimum Gasteiger partial charge on any atom is -0.307 e. The van der Waals surface area contributed by atoms with Gasteiger partial charge in [0, 0.05) is 25.4 Å². The van der Waals surface area contributed by atoms with Gasteiger partial charge in [-0.05, 0) is 35.8 Å². The zero-order chi connectivity index (χ0) is 16.3. The molecule has 0 aromatic heterocycles. The van der Waals surface area contributed by atoms with Gasteiger partial charge < -0.3 is 5.32 Å². The van der Waals surface area contributed by atoms with E-state index in [0.29, 0.717) is 6.42 Å². The fraction of sp³-hybridized carbons (Fsp3) is 0.286. The van der Waals surface area contributed by atoms with Crippen LogP contribution in [-0.2, 0) is 0 Å². The van der Waals surface area contributed by atoms with Gasteiger partial charge >= 0.3 is 0 Å². The van der Waals surface area contributed by atoms with Crippen molar-refractivity contribution in [1.29, 1.82) is 5.26 Å². The maximum atomic E-state index is 8.43. The third-order valence-electron chi connectivity index (χ3n) is 3.73. The smallest absolute Gasteiger partial charge is 0.0622 e. The normalized spacial score (nSPS) is 11.8. The highest BCUT2D eigenvalue weighted by atomic mass is 14.9. The second-order valence-corrected chi connectivity index (χ2v) is 5.43. The Kier molecular flexibility index (Phi) is 6.92. The van der Waals surface area contributed by atoms with Crippen molar-refractivity contribution in [2.75, 3.05) is 6.54 Å². The molecule has 0 fully saturated rings. The number of fused-ring (bicyclic) bond motifs is 1. The molecule has 0 aliphatic heterocycles. The summed E-state index contributed by atoms with van der Waals surface area (Å²) in [5.41, 5.74) is 1.32. The van der Waals surface area contributed by atoms with Gasteiger partial charge in [-0.15, -0.1) is 0 Å². The average Bonchev–Trinajstić information content (AvgIpc) is 2.59. The fourth-order valence-electron chi connectivity index (χ4n) is 2.49. The number of benzene rings is 2. The Morgan fingerprint density at radius 3 is 2.83 bits per heavy atom.